The lowest BCUT2D eigenvalue weighted by molar-refractivity contribution is 0.431. The molecule has 2 aromatic carbocycles. The first kappa shape index (κ1) is 16.3. The SMILES string of the molecule is CCCCC(NC(C)c1ccc(Br)cc1)c1ccccc1. The topological polar surface area (TPSA) is 12.0 Å². The van der Waals surface area contributed by atoms with Gasteiger partial charge < -0.3 is 5.32 Å². The highest BCUT2D eigenvalue weighted by atomic mass is 79.9. The van der Waals surface area contributed by atoms with Crippen LogP contribution < -0.4 is 5.32 Å². The van der Waals surface area contributed by atoms with Gasteiger partial charge in [0, 0.05) is 16.6 Å². The maximum Gasteiger partial charge on any atom is 0.0325 e. The summed E-state index contributed by atoms with van der Waals surface area (Å²) in [6.07, 6.45) is 3.67. The zero-order valence-corrected chi connectivity index (χ0v) is 14.4. The molecule has 2 atom stereocenters. The number of halogens is 1. The molecule has 0 aliphatic heterocycles. The van der Waals surface area contributed by atoms with Gasteiger partial charge in [0.1, 0.15) is 0 Å². The molecule has 0 amide bonds. The molecule has 0 spiro atoms. The molecule has 21 heavy (non-hydrogen) atoms. The summed E-state index contributed by atoms with van der Waals surface area (Å²) in [7, 11) is 0. The van der Waals surface area contributed by atoms with E-state index in [9.17, 15) is 0 Å². The number of hydrogen-bond donors (Lipinski definition) is 1. The van der Waals surface area contributed by atoms with Crippen molar-refractivity contribution in [3.63, 3.8) is 0 Å². The van der Waals surface area contributed by atoms with Crippen LogP contribution in [-0.2, 0) is 0 Å². The first-order valence-electron chi connectivity index (χ1n) is 7.77. The molecule has 1 N–H and O–H groups in total. The maximum absolute atomic E-state index is 3.79. The fourth-order valence-corrected chi connectivity index (χ4v) is 2.85. The third-order valence-corrected chi connectivity index (χ3v) is 4.40. The molecule has 0 fully saturated rings. The monoisotopic (exact) mass is 345 g/mol. The summed E-state index contributed by atoms with van der Waals surface area (Å²) in [4.78, 5) is 0. The van der Waals surface area contributed by atoms with Crippen LogP contribution in [0.2, 0.25) is 0 Å². The summed E-state index contributed by atoms with van der Waals surface area (Å²) in [5.74, 6) is 0. The van der Waals surface area contributed by atoms with Crippen molar-refractivity contribution in [2.75, 3.05) is 0 Å². The molecular formula is C19H24BrN. The Balaban J connectivity index is 2.09. The van der Waals surface area contributed by atoms with Crippen molar-refractivity contribution in [2.24, 2.45) is 0 Å². The Morgan fingerprint density at radius 2 is 1.62 bits per heavy atom. The molecule has 2 rings (SSSR count). The van der Waals surface area contributed by atoms with Gasteiger partial charge in [0.15, 0.2) is 0 Å². The third-order valence-electron chi connectivity index (χ3n) is 3.87. The summed E-state index contributed by atoms with van der Waals surface area (Å²) in [5, 5.41) is 3.79. The van der Waals surface area contributed by atoms with Crippen molar-refractivity contribution in [1.82, 2.24) is 5.32 Å². The molecule has 0 saturated carbocycles. The van der Waals surface area contributed by atoms with Crippen LogP contribution in [0.15, 0.2) is 59.1 Å². The highest BCUT2D eigenvalue weighted by Gasteiger charge is 2.14. The van der Waals surface area contributed by atoms with Crippen molar-refractivity contribution in [3.8, 4) is 0 Å². The Morgan fingerprint density at radius 3 is 2.24 bits per heavy atom. The Labute approximate surface area is 136 Å². The van der Waals surface area contributed by atoms with Gasteiger partial charge >= 0.3 is 0 Å². The first-order valence-corrected chi connectivity index (χ1v) is 8.56. The van der Waals surface area contributed by atoms with E-state index >= 15 is 0 Å². The van der Waals surface area contributed by atoms with Gasteiger partial charge in [-0.2, -0.15) is 0 Å². The molecule has 0 aliphatic carbocycles. The second-order valence-electron chi connectivity index (χ2n) is 5.55. The quantitative estimate of drug-likeness (QED) is 0.645. The minimum absolute atomic E-state index is 0.347. The predicted octanol–water partition coefficient (Wildman–Crippen LogP) is 6.03. The first-order chi connectivity index (χ1) is 10.2. The average Bonchev–Trinajstić information content (AvgIpc) is 2.52. The number of benzene rings is 2. The van der Waals surface area contributed by atoms with Crippen molar-refractivity contribution >= 4 is 15.9 Å². The average molecular weight is 346 g/mol. The molecule has 0 radical (unpaired) electrons. The van der Waals surface area contributed by atoms with E-state index in [1.807, 2.05) is 0 Å². The largest absolute Gasteiger partial charge is 0.303 e. The lowest BCUT2D eigenvalue weighted by Gasteiger charge is -2.24. The third kappa shape index (κ3) is 4.98. The molecule has 0 aliphatic rings. The van der Waals surface area contributed by atoms with Crippen LogP contribution in [0.5, 0.6) is 0 Å². The van der Waals surface area contributed by atoms with Gasteiger partial charge in [-0.15, -0.1) is 0 Å². The van der Waals surface area contributed by atoms with Gasteiger partial charge in [-0.3, -0.25) is 0 Å². The number of hydrogen-bond acceptors (Lipinski definition) is 1. The van der Waals surface area contributed by atoms with Crippen LogP contribution in [0.25, 0.3) is 0 Å². The van der Waals surface area contributed by atoms with Crippen molar-refractivity contribution < 1.29 is 0 Å². The smallest absolute Gasteiger partial charge is 0.0325 e. The summed E-state index contributed by atoms with van der Waals surface area (Å²) >= 11 is 3.50. The minimum Gasteiger partial charge on any atom is -0.303 e. The molecule has 2 aromatic rings. The molecule has 1 nitrogen and oxygen atoms in total. The second-order valence-corrected chi connectivity index (χ2v) is 6.46. The second kappa shape index (κ2) is 8.35. The van der Waals surface area contributed by atoms with Gasteiger partial charge in [-0.25, -0.2) is 0 Å². The molecule has 0 bridgehead atoms. The normalized spacial score (nSPS) is 13.9. The van der Waals surface area contributed by atoms with E-state index in [0.29, 0.717) is 12.1 Å². The van der Waals surface area contributed by atoms with Crippen LogP contribution in [0.3, 0.4) is 0 Å². The lowest BCUT2D eigenvalue weighted by Crippen LogP contribution is -2.24. The highest BCUT2D eigenvalue weighted by Crippen LogP contribution is 2.24. The van der Waals surface area contributed by atoms with E-state index in [0.717, 1.165) is 4.47 Å². The Kier molecular flexibility index (Phi) is 6.47. The molecule has 0 saturated heterocycles. The zero-order chi connectivity index (χ0) is 15.1. The van der Waals surface area contributed by atoms with Gasteiger partial charge in [-0.05, 0) is 36.6 Å². The molecule has 0 aromatic heterocycles. The van der Waals surface area contributed by atoms with E-state index in [4.69, 9.17) is 0 Å². The van der Waals surface area contributed by atoms with E-state index in [-0.39, 0.29) is 0 Å². The summed E-state index contributed by atoms with van der Waals surface area (Å²) in [6.45, 7) is 4.49. The molecular weight excluding hydrogens is 322 g/mol. The van der Waals surface area contributed by atoms with E-state index in [1.54, 1.807) is 0 Å². The Hall–Kier alpha value is -1.12. The summed E-state index contributed by atoms with van der Waals surface area (Å²) < 4.78 is 1.13. The van der Waals surface area contributed by atoms with E-state index < -0.39 is 0 Å². The standard InChI is InChI=1S/C19H24BrN/c1-3-4-10-19(17-8-6-5-7-9-17)21-15(2)16-11-13-18(20)14-12-16/h5-9,11-15,19,21H,3-4,10H2,1-2H3. The zero-order valence-electron chi connectivity index (χ0n) is 12.9. The van der Waals surface area contributed by atoms with Gasteiger partial charge in [0.05, 0.1) is 0 Å². The van der Waals surface area contributed by atoms with Gasteiger partial charge in [-0.1, -0.05) is 78.2 Å². The van der Waals surface area contributed by atoms with Crippen LogP contribution in [-0.4, -0.2) is 0 Å². The Morgan fingerprint density at radius 1 is 0.952 bits per heavy atom. The van der Waals surface area contributed by atoms with Crippen LogP contribution in [0.1, 0.15) is 56.3 Å². The highest BCUT2D eigenvalue weighted by molar-refractivity contribution is 9.10. The number of unbranched alkanes of at least 4 members (excludes halogenated alkanes) is 1. The predicted molar refractivity (Wildman–Crippen MR) is 94.4 cm³/mol. The molecule has 2 unspecified atom stereocenters. The van der Waals surface area contributed by atoms with Crippen LogP contribution >= 0.6 is 15.9 Å². The number of rotatable bonds is 7. The van der Waals surface area contributed by atoms with E-state index in [1.165, 1.54) is 30.4 Å². The Bertz CT molecular complexity index is 521. The van der Waals surface area contributed by atoms with Crippen LogP contribution in [0, 0.1) is 0 Å². The van der Waals surface area contributed by atoms with Crippen molar-refractivity contribution in [2.45, 2.75) is 45.2 Å². The fraction of sp³-hybridized carbons (Fsp3) is 0.368. The summed E-state index contributed by atoms with van der Waals surface area (Å²) in [5.41, 5.74) is 2.71. The summed E-state index contributed by atoms with van der Waals surface area (Å²) in [6, 6.07) is 20.1. The van der Waals surface area contributed by atoms with Crippen molar-refractivity contribution in [3.05, 3.63) is 70.2 Å². The fourth-order valence-electron chi connectivity index (χ4n) is 2.59. The number of nitrogens with one attached hydrogen (secondary N) is 1. The molecule has 112 valence electrons. The van der Waals surface area contributed by atoms with Gasteiger partial charge in [0.25, 0.3) is 0 Å². The lowest BCUT2D eigenvalue weighted by atomic mass is 9.99. The van der Waals surface area contributed by atoms with Crippen molar-refractivity contribution in [1.29, 1.82) is 0 Å². The minimum atomic E-state index is 0.347. The van der Waals surface area contributed by atoms with Gasteiger partial charge in [0.2, 0.25) is 0 Å². The maximum atomic E-state index is 3.79. The van der Waals surface area contributed by atoms with Crippen LogP contribution in [0.4, 0.5) is 0 Å². The van der Waals surface area contributed by atoms with E-state index in [2.05, 4.69) is 89.7 Å². The molecule has 2 heteroatoms. The molecule has 0 heterocycles.